The number of hydrogen-bond acceptors (Lipinski definition) is 5. The molecule has 0 saturated carbocycles. The minimum Gasteiger partial charge on any atom is -0.390 e. The highest BCUT2D eigenvalue weighted by Crippen LogP contribution is 2.33. The zero-order valence-electron chi connectivity index (χ0n) is 20.0. The van der Waals surface area contributed by atoms with Gasteiger partial charge in [-0.3, -0.25) is 9.79 Å². The second kappa shape index (κ2) is 9.07. The molecule has 176 valence electrons. The minimum atomic E-state index is -0.373. The maximum absolute atomic E-state index is 11.7. The number of amidine groups is 1. The summed E-state index contributed by atoms with van der Waals surface area (Å²) in [5.41, 5.74) is 4.92. The van der Waals surface area contributed by atoms with Gasteiger partial charge in [-0.1, -0.05) is 36.8 Å². The Kier molecular flexibility index (Phi) is 6.14. The van der Waals surface area contributed by atoms with Gasteiger partial charge in [0.05, 0.1) is 30.1 Å². The maximum Gasteiger partial charge on any atom is 0.224 e. The number of nitrogens with one attached hydrogen (secondary N) is 1. The van der Waals surface area contributed by atoms with Gasteiger partial charge in [0.25, 0.3) is 0 Å². The molecule has 1 aromatic rings. The predicted molar refractivity (Wildman–Crippen MR) is 133 cm³/mol. The fraction of sp³-hybridized carbons (Fsp3) is 0.556. The van der Waals surface area contributed by atoms with Crippen LogP contribution in [0.4, 0.5) is 5.69 Å². The lowest BCUT2D eigenvalue weighted by Gasteiger charge is -2.44. The number of anilines is 1. The number of carbonyl (C=O) groups excluding carboxylic acids is 1. The molecule has 1 aromatic carbocycles. The first-order valence-electron chi connectivity index (χ1n) is 12.4. The molecule has 33 heavy (non-hydrogen) atoms. The molecule has 1 saturated heterocycles. The van der Waals surface area contributed by atoms with Crippen LogP contribution in [0.3, 0.4) is 0 Å². The largest absolute Gasteiger partial charge is 0.390 e. The standard InChI is InChI=1S/C27H36N4O2/c1-4-27(33)29-22-7-6-20-12-19(13-21(20)14-22)15-30-10-9-25(26(32)16-30)31-18(3)28-23-11-17(2)5-8-24(23)31/h5-8,11,14,19,23-26,32H,4,9-10,12-13,15-16H2,1-3H3,(H,29,33)/t19-,23?,24?,25-,26-/m1/s1. The van der Waals surface area contributed by atoms with E-state index in [2.05, 4.69) is 59.3 Å². The molecule has 0 spiro atoms. The van der Waals surface area contributed by atoms with E-state index in [4.69, 9.17) is 4.99 Å². The Morgan fingerprint density at radius 2 is 2.06 bits per heavy atom. The number of aliphatic imine (C=N–C) groups is 1. The second-order valence-corrected chi connectivity index (χ2v) is 10.2. The summed E-state index contributed by atoms with van der Waals surface area (Å²) in [4.78, 5) is 21.4. The molecular weight excluding hydrogens is 412 g/mol. The number of aliphatic hydroxyl groups excluding tert-OH is 1. The number of benzene rings is 1. The first-order chi connectivity index (χ1) is 15.9. The summed E-state index contributed by atoms with van der Waals surface area (Å²) in [6.07, 6.45) is 9.88. The molecule has 2 heterocycles. The summed E-state index contributed by atoms with van der Waals surface area (Å²) in [6, 6.07) is 6.89. The van der Waals surface area contributed by atoms with Crippen molar-refractivity contribution in [3.8, 4) is 0 Å². The van der Waals surface area contributed by atoms with E-state index in [0.29, 0.717) is 12.3 Å². The smallest absolute Gasteiger partial charge is 0.224 e. The van der Waals surface area contributed by atoms with Gasteiger partial charge >= 0.3 is 0 Å². The number of nitrogens with zero attached hydrogens (tertiary/aromatic N) is 3. The van der Waals surface area contributed by atoms with Crippen LogP contribution in [0.2, 0.25) is 0 Å². The number of fused-ring (bicyclic) bond motifs is 2. The Bertz CT molecular complexity index is 1010. The van der Waals surface area contributed by atoms with E-state index in [-0.39, 0.29) is 30.1 Å². The molecule has 5 rings (SSSR count). The van der Waals surface area contributed by atoms with Crippen LogP contribution in [0.5, 0.6) is 0 Å². The quantitative estimate of drug-likeness (QED) is 0.726. The molecule has 1 fully saturated rings. The third-order valence-corrected chi connectivity index (χ3v) is 7.70. The van der Waals surface area contributed by atoms with Gasteiger partial charge in [0, 0.05) is 31.7 Å². The molecule has 5 atom stereocenters. The molecule has 2 unspecified atom stereocenters. The minimum absolute atomic E-state index is 0.0563. The summed E-state index contributed by atoms with van der Waals surface area (Å²) in [5, 5.41) is 14.1. The number of amides is 1. The molecule has 2 N–H and O–H groups in total. The van der Waals surface area contributed by atoms with E-state index >= 15 is 0 Å². The number of allylic oxidation sites excluding steroid dienone is 2. The zero-order valence-corrected chi connectivity index (χ0v) is 20.0. The van der Waals surface area contributed by atoms with Gasteiger partial charge in [-0.05, 0) is 62.3 Å². The van der Waals surface area contributed by atoms with Gasteiger partial charge in [0.2, 0.25) is 5.91 Å². The highest BCUT2D eigenvalue weighted by atomic mass is 16.3. The summed E-state index contributed by atoms with van der Waals surface area (Å²) in [6.45, 7) is 8.81. The van der Waals surface area contributed by atoms with Crippen LogP contribution < -0.4 is 5.32 Å². The molecule has 6 nitrogen and oxygen atoms in total. The third-order valence-electron chi connectivity index (χ3n) is 7.70. The van der Waals surface area contributed by atoms with Crippen molar-refractivity contribution < 1.29 is 9.90 Å². The first kappa shape index (κ1) is 22.4. The van der Waals surface area contributed by atoms with E-state index in [0.717, 1.165) is 50.4 Å². The lowest BCUT2D eigenvalue weighted by molar-refractivity contribution is -0.115. The Morgan fingerprint density at radius 1 is 1.24 bits per heavy atom. The molecule has 6 heteroatoms. The highest BCUT2D eigenvalue weighted by Gasteiger charge is 2.42. The fourth-order valence-electron chi connectivity index (χ4n) is 6.12. The number of likely N-dealkylation sites (tertiary alicyclic amines) is 1. The van der Waals surface area contributed by atoms with Crippen molar-refractivity contribution in [3.63, 3.8) is 0 Å². The SMILES string of the molecule is CCC(=O)Nc1ccc2c(c1)C[C@H](CN1CC[C@@H](N3C(C)=NC4C=C(C)C=CC43)[C@H](O)C1)C2. The summed E-state index contributed by atoms with van der Waals surface area (Å²) in [7, 11) is 0. The Balaban J connectivity index is 1.17. The normalized spacial score (nSPS) is 31.2. The van der Waals surface area contributed by atoms with E-state index in [1.54, 1.807) is 0 Å². The summed E-state index contributed by atoms with van der Waals surface area (Å²) < 4.78 is 0. The van der Waals surface area contributed by atoms with Crippen LogP contribution >= 0.6 is 0 Å². The molecule has 2 aliphatic heterocycles. The van der Waals surface area contributed by atoms with Crippen molar-refractivity contribution in [1.29, 1.82) is 0 Å². The van der Waals surface area contributed by atoms with Gasteiger partial charge in [-0.15, -0.1) is 0 Å². The van der Waals surface area contributed by atoms with Crippen LogP contribution in [0.25, 0.3) is 0 Å². The summed E-state index contributed by atoms with van der Waals surface area (Å²) in [5.74, 6) is 1.67. The van der Waals surface area contributed by atoms with Crippen LogP contribution in [0.15, 0.2) is 47.0 Å². The van der Waals surface area contributed by atoms with E-state index in [9.17, 15) is 9.90 Å². The number of carbonyl (C=O) groups is 1. The third kappa shape index (κ3) is 4.51. The molecular formula is C27H36N4O2. The highest BCUT2D eigenvalue weighted by molar-refractivity contribution is 5.90. The van der Waals surface area contributed by atoms with Crippen molar-refractivity contribution in [1.82, 2.24) is 9.80 Å². The average molecular weight is 449 g/mol. The van der Waals surface area contributed by atoms with E-state index < -0.39 is 0 Å². The Hall–Kier alpha value is -2.44. The van der Waals surface area contributed by atoms with E-state index in [1.807, 2.05) is 13.0 Å². The first-order valence-corrected chi connectivity index (χ1v) is 12.4. The van der Waals surface area contributed by atoms with Gasteiger partial charge in [-0.2, -0.15) is 0 Å². The molecule has 4 aliphatic rings. The predicted octanol–water partition coefficient (Wildman–Crippen LogP) is 3.17. The molecule has 0 radical (unpaired) electrons. The van der Waals surface area contributed by atoms with Crippen LogP contribution in [-0.4, -0.2) is 70.5 Å². The van der Waals surface area contributed by atoms with Crippen LogP contribution in [0, 0.1) is 5.92 Å². The lowest BCUT2D eigenvalue weighted by atomic mass is 9.93. The van der Waals surface area contributed by atoms with Crippen molar-refractivity contribution >= 4 is 17.4 Å². The van der Waals surface area contributed by atoms with Crippen molar-refractivity contribution in [3.05, 3.63) is 53.1 Å². The Labute approximate surface area is 197 Å². The van der Waals surface area contributed by atoms with Gasteiger partial charge < -0.3 is 20.2 Å². The van der Waals surface area contributed by atoms with Gasteiger partial charge in [0.1, 0.15) is 0 Å². The number of β-amino-alcohol motifs (C(OH)–C–C–N with tert-alkyl or cyclic N) is 1. The fourth-order valence-corrected chi connectivity index (χ4v) is 6.12. The number of rotatable bonds is 5. The molecule has 1 amide bonds. The molecule has 2 aliphatic carbocycles. The second-order valence-electron chi connectivity index (χ2n) is 10.2. The zero-order chi connectivity index (χ0) is 23.1. The monoisotopic (exact) mass is 448 g/mol. The molecule has 0 bridgehead atoms. The van der Waals surface area contributed by atoms with E-state index in [1.165, 1.54) is 16.7 Å². The molecule has 0 aromatic heterocycles. The average Bonchev–Trinajstić information content (AvgIpc) is 3.32. The lowest BCUT2D eigenvalue weighted by Crippen LogP contribution is -2.58. The van der Waals surface area contributed by atoms with Crippen LogP contribution in [-0.2, 0) is 17.6 Å². The van der Waals surface area contributed by atoms with Gasteiger partial charge in [0.15, 0.2) is 0 Å². The number of piperidine rings is 1. The van der Waals surface area contributed by atoms with Crippen molar-refractivity contribution in [2.24, 2.45) is 10.9 Å². The Morgan fingerprint density at radius 3 is 2.85 bits per heavy atom. The number of hydrogen-bond donors (Lipinski definition) is 2. The maximum atomic E-state index is 11.7. The number of aliphatic hydroxyl groups is 1. The summed E-state index contributed by atoms with van der Waals surface area (Å²) >= 11 is 0. The van der Waals surface area contributed by atoms with Crippen molar-refractivity contribution in [2.45, 2.75) is 70.7 Å². The van der Waals surface area contributed by atoms with Crippen molar-refractivity contribution in [2.75, 3.05) is 25.0 Å². The van der Waals surface area contributed by atoms with Gasteiger partial charge in [-0.25, -0.2) is 0 Å². The van der Waals surface area contributed by atoms with Crippen LogP contribution in [0.1, 0.15) is 44.7 Å². The topological polar surface area (TPSA) is 68.2 Å².